The van der Waals surface area contributed by atoms with Gasteiger partial charge in [0.1, 0.15) is 6.10 Å². The lowest BCUT2D eigenvalue weighted by molar-refractivity contribution is -0.150. The first-order valence-electron chi connectivity index (χ1n) is 3.29. The normalized spacial score (nSPS) is 30.0. The van der Waals surface area contributed by atoms with Crippen molar-refractivity contribution in [3.05, 3.63) is 12.2 Å². The highest BCUT2D eigenvalue weighted by atomic mass is 19.1. The van der Waals surface area contributed by atoms with Crippen molar-refractivity contribution in [3.8, 4) is 0 Å². The molecule has 0 aromatic heterocycles. The van der Waals surface area contributed by atoms with E-state index in [2.05, 4.69) is 4.74 Å². The molecule has 1 heterocycles. The molecule has 3 nitrogen and oxygen atoms in total. The molecule has 0 aliphatic carbocycles. The smallest absolute Gasteiger partial charge is 0.303 e. The lowest BCUT2D eigenvalue weighted by Gasteiger charge is -2.18. The van der Waals surface area contributed by atoms with Crippen molar-refractivity contribution >= 4 is 5.97 Å². The van der Waals surface area contributed by atoms with Crippen LogP contribution >= 0.6 is 0 Å². The number of hydrogen-bond donors (Lipinski definition) is 0. The Bertz CT molecular complexity index is 179. The molecule has 1 rings (SSSR count). The number of rotatable bonds is 1. The summed E-state index contributed by atoms with van der Waals surface area (Å²) in [7, 11) is 0. The average Bonchev–Trinajstić information content (AvgIpc) is 1.93. The maximum Gasteiger partial charge on any atom is 0.303 e. The van der Waals surface area contributed by atoms with Crippen LogP contribution in [0.15, 0.2) is 12.2 Å². The zero-order valence-corrected chi connectivity index (χ0v) is 6.12. The number of alkyl halides is 1. The van der Waals surface area contributed by atoms with Crippen LogP contribution in [0.25, 0.3) is 0 Å². The fraction of sp³-hybridized carbons (Fsp3) is 0.571. The molecule has 0 saturated heterocycles. The van der Waals surface area contributed by atoms with Crippen LogP contribution in [-0.2, 0) is 14.3 Å². The maximum absolute atomic E-state index is 12.2. The largest absolute Gasteiger partial charge is 0.456 e. The van der Waals surface area contributed by atoms with E-state index in [0.29, 0.717) is 0 Å². The standard InChI is InChI=1S/C7H9FO3/c1-5(9)11-6-2-3-7(8)10-4-6/h2-3,6-7H,4H2,1H3/t6-,7+/m0/s1. The highest BCUT2D eigenvalue weighted by molar-refractivity contribution is 5.66. The van der Waals surface area contributed by atoms with E-state index in [0.717, 1.165) is 0 Å². The van der Waals surface area contributed by atoms with Crippen molar-refractivity contribution in [1.29, 1.82) is 0 Å². The molecule has 0 N–H and O–H groups in total. The number of carbonyl (C=O) groups excluding carboxylic acids is 1. The van der Waals surface area contributed by atoms with E-state index in [9.17, 15) is 9.18 Å². The molecule has 0 bridgehead atoms. The Labute approximate surface area is 63.8 Å². The molecule has 1 aliphatic heterocycles. The number of hydrogen-bond acceptors (Lipinski definition) is 3. The summed E-state index contributed by atoms with van der Waals surface area (Å²) in [5.74, 6) is -0.388. The van der Waals surface area contributed by atoms with E-state index >= 15 is 0 Å². The quantitative estimate of drug-likeness (QED) is 0.420. The fourth-order valence-electron chi connectivity index (χ4n) is 0.796. The van der Waals surface area contributed by atoms with Gasteiger partial charge in [0.2, 0.25) is 6.36 Å². The van der Waals surface area contributed by atoms with Crippen LogP contribution in [-0.4, -0.2) is 25.0 Å². The van der Waals surface area contributed by atoms with Gasteiger partial charge in [-0.2, -0.15) is 0 Å². The Morgan fingerprint density at radius 3 is 2.91 bits per heavy atom. The third-order valence-electron chi connectivity index (χ3n) is 1.21. The Hall–Kier alpha value is -0.900. The average molecular weight is 160 g/mol. The summed E-state index contributed by atoms with van der Waals surface area (Å²) < 4.78 is 21.5. The van der Waals surface area contributed by atoms with E-state index in [-0.39, 0.29) is 12.6 Å². The van der Waals surface area contributed by atoms with Gasteiger partial charge in [-0.3, -0.25) is 4.79 Å². The van der Waals surface area contributed by atoms with Crippen molar-refractivity contribution in [2.24, 2.45) is 0 Å². The van der Waals surface area contributed by atoms with Gasteiger partial charge in [0.25, 0.3) is 0 Å². The van der Waals surface area contributed by atoms with E-state index in [1.165, 1.54) is 19.1 Å². The predicted octanol–water partition coefficient (Wildman–Crippen LogP) is 0.800. The molecule has 62 valence electrons. The zero-order chi connectivity index (χ0) is 8.27. The minimum Gasteiger partial charge on any atom is -0.456 e. The predicted molar refractivity (Wildman–Crippen MR) is 35.5 cm³/mol. The lowest BCUT2D eigenvalue weighted by Crippen LogP contribution is -2.26. The summed E-state index contributed by atoms with van der Waals surface area (Å²) in [4.78, 5) is 10.4. The first kappa shape index (κ1) is 8.20. The van der Waals surface area contributed by atoms with Crippen LogP contribution in [0, 0.1) is 0 Å². The van der Waals surface area contributed by atoms with Gasteiger partial charge in [0.15, 0.2) is 0 Å². The molecule has 11 heavy (non-hydrogen) atoms. The maximum atomic E-state index is 12.2. The van der Waals surface area contributed by atoms with Crippen LogP contribution in [0.3, 0.4) is 0 Å². The molecule has 0 amide bonds. The topological polar surface area (TPSA) is 35.5 Å². The SMILES string of the molecule is CC(=O)O[C@H]1C=C[C@H](F)OC1. The van der Waals surface area contributed by atoms with Crippen LogP contribution in [0.2, 0.25) is 0 Å². The van der Waals surface area contributed by atoms with Crippen LogP contribution in [0.4, 0.5) is 4.39 Å². The van der Waals surface area contributed by atoms with Gasteiger partial charge in [-0.25, -0.2) is 4.39 Å². The molecule has 4 heteroatoms. The second kappa shape index (κ2) is 3.48. The van der Waals surface area contributed by atoms with Gasteiger partial charge < -0.3 is 9.47 Å². The van der Waals surface area contributed by atoms with Crippen molar-refractivity contribution < 1.29 is 18.7 Å². The molecular formula is C7H9FO3. The minimum atomic E-state index is -1.36. The van der Waals surface area contributed by atoms with Crippen molar-refractivity contribution in [1.82, 2.24) is 0 Å². The number of halogens is 1. The molecule has 0 aromatic rings. The van der Waals surface area contributed by atoms with Gasteiger partial charge in [-0.1, -0.05) is 0 Å². The fourth-order valence-corrected chi connectivity index (χ4v) is 0.796. The molecule has 2 atom stereocenters. The van der Waals surface area contributed by atoms with E-state index in [1.807, 2.05) is 0 Å². The Morgan fingerprint density at radius 1 is 1.73 bits per heavy atom. The minimum absolute atomic E-state index is 0.0945. The molecule has 0 spiro atoms. The summed E-state index contributed by atoms with van der Waals surface area (Å²) >= 11 is 0. The number of carbonyl (C=O) groups is 1. The van der Waals surface area contributed by atoms with Crippen LogP contribution < -0.4 is 0 Å². The number of esters is 1. The Kier molecular flexibility index (Phi) is 2.59. The molecule has 0 radical (unpaired) electrons. The summed E-state index contributed by atoms with van der Waals surface area (Å²) in [5, 5.41) is 0. The monoisotopic (exact) mass is 160 g/mol. The van der Waals surface area contributed by atoms with Gasteiger partial charge in [-0.15, -0.1) is 0 Å². The lowest BCUT2D eigenvalue weighted by atomic mass is 10.3. The highest BCUT2D eigenvalue weighted by Gasteiger charge is 2.16. The van der Waals surface area contributed by atoms with E-state index in [1.54, 1.807) is 0 Å². The second-order valence-corrected chi connectivity index (χ2v) is 2.22. The van der Waals surface area contributed by atoms with Crippen molar-refractivity contribution in [3.63, 3.8) is 0 Å². The first-order chi connectivity index (χ1) is 5.18. The zero-order valence-electron chi connectivity index (χ0n) is 6.12. The third-order valence-corrected chi connectivity index (χ3v) is 1.21. The van der Waals surface area contributed by atoms with E-state index < -0.39 is 12.5 Å². The first-order valence-corrected chi connectivity index (χ1v) is 3.29. The van der Waals surface area contributed by atoms with Crippen LogP contribution in [0.1, 0.15) is 6.92 Å². The van der Waals surface area contributed by atoms with Crippen molar-refractivity contribution in [2.75, 3.05) is 6.61 Å². The number of ether oxygens (including phenoxy) is 2. The molecule has 0 aromatic carbocycles. The molecule has 0 fully saturated rings. The molecule has 0 saturated carbocycles. The highest BCUT2D eigenvalue weighted by Crippen LogP contribution is 2.08. The Morgan fingerprint density at radius 2 is 2.45 bits per heavy atom. The van der Waals surface area contributed by atoms with Gasteiger partial charge in [0, 0.05) is 6.92 Å². The molecule has 0 unspecified atom stereocenters. The van der Waals surface area contributed by atoms with Gasteiger partial charge in [-0.05, 0) is 12.2 Å². The summed E-state index contributed by atoms with van der Waals surface area (Å²) in [6.07, 6.45) is 0.911. The summed E-state index contributed by atoms with van der Waals surface area (Å²) in [6, 6.07) is 0. The second-order valence-electron chi connectivity index (χ2n) is 2.22. The third kappa shape index (κ3) is 2.67. The molecular weight excluding hydrogens is 151 g/mol. The van der Waals surface area contributed by atoms with Crippen LogP contribution in [0.5, 0.6) is 0 Å². The van der Waals surface area contributed by atoms with Crippen molar-refractivity contribution in [2.45, 2.75) is 19.4 Å². The summed E-state index contributed by atoms with van der Waals surface area (Å²) in [6.45, 7) is 1.40. The van der Waals surface area contributed by atoms with E-state index in [4.69, 9.17) is 4.74 Å². The molecule has 1 aliphatic rings. The summed E-state index contributed by atoms with van der Waals surface area (Å²) in [5.41, 5.74) is 0. The van der Waals surface area contributed by atoms with Gasteiger partial charge in [0.05, 0.1) is 6.61 Å². The Balaban J connectivity index is 2.38. The van der Waals surface area contributed by atoms with Gasteiger partial charge >= 0.3 is 5.97 Å².